The minimum Gasteiger partial charge on any atom is -0.492 e. The van der Waals surface area contributed by atoms with Gasteiger partial charge in [-0.15, -0.1) is 0 Å². The Bertz CT molecular complexity index is 1150. The Hall–Kier alpha value is -3.85. The first kappa shape index (κ1) is 26.4. The van der Waals surface area contributed by atoms with E-state index in [0.29, 0.717) is 6.07 Å². The number of para-hydroxylation sites is 2. The fourth-order valence-corrected chi connectivity index (χ4v) is 2.99. The Morgan fingerprint density at radius 3 is 2.35 bits per heavy atom. The minimum atomic E-state index is -4.62. The van der Waals surface area contributed by atoms with Crippen LogP contribution in [0.3, 0.4) is 0 Å². The number of rotatable bonds is 9. The Morgan fingerprint density at radius 2 is 1.82 bits per heavy atom. The summed E-state index contributed by atoms with van der Waals surface area (Å²) in [6.45, 7) is -0.478. The summed E-state index contributed by atoms with van der Waals surface area (Å²) in [4.78, 5) is 37.1. The van der Waals surface area contributed by atoms with Crippen molar-refractivity contribution in [3.05, 3.63) is 63.2 Å². The third-order valence-electron chi connectivity index (χ3n) is 4.43. The topological polar surface area (TPSA) is 123 Å². The van der Waals surface area contributed by atoms with Crippen LogP contribution >= 0.6 is 11.6 Å². The van der Waals surface area contributed by atoms with E-state index in [2.05, 4.69) is 0 Å². The third kappa shape index (κ3) is 5.74. The number of alkyl halides is 3. The number of carbonyl (C=O) groups excluding carboxylic acids is 2. The SMILES string of the molecule is CN(C)C(=O)C(C#N)(Oc1ccccc1[N+](=O)[O-])C(=O)CCOc1ccc(C(F)(F)F)cc1Cl. The third-order valence-corrected chi connectivity index (χ3v) is 4.72. The number of carbonyl (C=O) groups is 2. The standard InChI is InChI=1S/C21H17ClF3N3O6/c1-27(2)19(30)20(12-26,34-17-6-4-3-5-15(17)28(31)32)18(29)9-10-33-16-8-7-13(11-14(16)22)21(23,24)25/h3-8,11H,9-10H2,1-2H3. The zero-order valence-electron chi connectivity index (χ0n) is 17.8. The number of ether oxygens (including phenoxy) is 2. The molecule has 2 aromatic rings. The van der Waals surface area contributed by atoms with Gasteiger partial charge in [0, 0.05) is 26.6 Å². The molecule has 2 aromatic carbocycles. The number of halogens is 4. The number of benzene rings is 2. The average molecular weight is 500 g/mol. The molecule has 0 saturated carbocycles. The maximum absolute atomic E-state index is 13.0. The highest BCUT2D eigenvalue weighted by atomic mass is 35.5. The van der Waals surface area contributed by atoms with Crippen molar-refractivity contribution in [2.24, 2.45) is 0 Å². The van der Waals surface area contributed by atoms with E-state index in [1.54, 1.807) is 0 Å². The summed E-state index contributed by atoms with van der Waals surface area (Å²) in [6.07, 6.45) is -5.22. The fraction of sp³-hybridized carbons (Fsp3) is 0.286. The Morgan fingerprint density at radius 1 is 1.18 bits per heavy atom. The van der Waals surface area contributed by atoms with Gasteiger partial charge < -0.3 is 14.4 Å². The van der Waals surface area contributed by atoms with Gasteiger partial charge in [-0.2, -0.15) is 18.4 Å². The zero-order chi connectivity index (χ0) is 25.7. The molecule has 0 aliphatic carbocycles. The highest BCUT2D eigenvalue weighted by Crippen LogP contribution is 2.35. The molecule has 1 unspecified atom stereocenters. The van der Waals surface area contributed by atoms with Gasteiger partial charge in [0.05, 0.1) is 22.1 Å². The van der Waals surface area contributed by atoms with E-state index < -0.39 is 58.4 Å². The summed E-state index contributed by atoms with van der Waals surface area (Å²) in [5.74, 6) is -2.83. The summed E-state index contributed by atoms with van der Waals surface area (Å²) in [7, 11) is 2.51. The molecule has 2 rings (SSSR count). The quantitative estimate of drug-likeness (QED) is 0.290. The molecule has 0 saturated heterocycles. The van der Waals surface area contributed by atoms with Crippen molar-refractivity contribution < 1.29 is 37.2 Å². The van der Waals surface area contributed by atoms with Gasteiger partial charge in [0.25, 0.3) is 5.91 Å². The number of nitro groups is 1. The lowest BCUT2D eigenvalue weighted by molar-refractivity contribution is -0.386. The Kier molecular flexibility index (Phi) is 8.07. The van der Waals surface area contributed by atoms with Crippen LogP contribution in [0.15, 0.2) is 42.5 Å². The van der Waals surface area contributed by atoms with Crippen molar-refractivity contribution in [3.63, 3.8) is 0 Å². The predicted molar refractivity (Wildman–Crippen MR) is 112 cm³/mol. The van der Waals surface area contributed by atoms with Crippen molar-refractivity contribution in [2.45, 2.75) is 18.2 Å². The first-order valence-electron chi connectivity index (χ1n) is 9.41. The van der Waals surface area contributed by atoms with E-state index in [1.165, 1.54) is 32.3 Å². The number of likely N-dealkylation sites (N-methyl/N-ethyl adjacent to an activating group) is 1. The van der Waals surface area contributed by atoms with Gasteiger partial charge in [-0.05, 0) is 24.3 Å². The van der Waals surface area contributed by atoms with Crippen LogP contribution in [0, 0.1) is 21.4 Å². The predicted octanol–water partition coefficient (Wildman–Crippen LogP) is 4.03. The summed E-state index contributed by atoms with van der Waals surface area (Å²) in [5, 5.41) is 20.7. The molecule has 0 spiro atoms. The van der Waals surface area contributed by atoms with Crippen LogP contribution in [0.25, 0.3) is 0 Å². The second-order valence-electron chi connectivity index (χ2n) is 6.98. The van der Waals surface area contributed by atoms with Crippen LogP contribution in [-0.2, 0) is 15.8 Å². The minimum absolute atomic E-state index is 0.163. The maximum Gasteiger partial charge on any atom is 0.416 e. The molecule has 13 heteroatoms. The number of ketones is 1. The molecule has 0 fully saturated rings. The highest BCUT2D eigenvalue weighted by Gasteiger charge is 2.50. The van der Waals surface area contributed by atoms with Crippen molar-refractivity contribution >= 4 is 29.0 Å². The molecular formula is C21H17ClF3N3O6. The van der Waals surface area contributed by atoms with E-state index in [9.17, 15) is 38.1 Å². The normalized spacial score (nSPS) is 12.7. The van der Waals surface area contributed by atoms with Crippen molar-refractivity contribution in [3.8, 4) is 17.6 Å². The summed E-state index contributed by atoms with van der Waals surface area (Å²) >= 11 is 5.80. The molecule has 34 heavy (non-hydrogen) atoms. The van der Waals surface area contributed by atoms with Gasteiger partial charge in [-0.3, -0.25) is 19.7 Å². The molecule has 0 aliphatic rings. The fourth-order valence-electron chi connectivity index (χ4n) is 2.75. The van der Waals surface area contributed by atoms with Crippen LogP contribution in [0.5, 0.6) is 11.5 Å². The van der Waals surface area contributed by atoms with Crippen molar-refractivity contribution in [1.82, 2.24) is 4.90 Å². The largest absolute Gasteiger partial charge is 0.492 e. The molecule has 1 amide bonds. The average Bonchev–Trinajstić information content (AvgIpc) is 2.77. The second-order valence-corrected chi connectivity index (χ2v) is 7.39. The summed E-state index contributed by atoms with van der Waals surface area (Å²) in [6, 6.07) is 8.71. The van der Waals surface area contributed by atoms with Gasteiger partial charge in [0.1, 0.15) is 11.8 Å². The number of nitro benzene ring substituents is 1. The van der Waals surface area contributed by atoms with Gasteiger partial charge in [0.2, 0.25) is 5.78 Å². The molecule has 0 bridgehead atoms. The van der Waals surface area contributed by atoms with Crippen LogP contribution in [-0.4, -0.2) is 47.8 Å². The lowest BCUT2D eigenvalue weighted by Gasteiger charge is -2.27. The van der Waals surface area contributed by atoms with Crippen molar-refractivity contribution in [1.29, 1.82) is 5.26 Å². The molecule has 1 atom stereocenters. The molecule has 0 heterocycles. The maximum atomic E-state index is 13.0. The first-order chi connectivity index (χ1) is 15.8. The number of nitriles is 1. The van der Waals surface area contributed by atoms with Crippen LogP contribution in [0.4, 0.5) is 18.9 Å². The van der Waals surface area contributed by atoms with E-state index >= 15 is 0 Å². The van der Waals surface area contributed by atoms with E-state index in [1.807, 2.05) is 0 Å². The van der Waals surface area contributed by atoms with E-state index in [0.717, 1.165) is 29.2 Å². The smallest absolute Gasteiger partial charge is 0.416 e. The Balaban J connectivity index is 2.28. The number of hydrogen-bond donors (Lipinski definition) is 0. The summed E-state index contributed by atoms with van der Waals surface area (Å²) in [5.41, 5.74) is -4.35. The van der Waals surface area contributed by atoms with E-state index in [-0.39, 0.29) is 10.8 Å². The van der Waals surface area contributed by atoms with Crippen LogP contribution in [0.2, 0.25) is 5.02 Å². The summed E-state index contributed by atoms with van der Waals surface area (Å²) < 4.78 is 48.9. The van der Waals surface area contributed by atoms with Gasteiger partial charge in [-0.25, -0.2) is 0 Å². The molecule has 9 nitrogen and oxygen atoms in total. The molecule has 180 valence electrons. The second kappa shape index (κ2) is 10.4. The number of nitrogens with zero attached hydrogens (tertiary/aromatic N) is 3. The van der Waals surface area contributed by atoms with Gasteiger partial charge >= 0.3 is 17.5 Å². The Labute approximate surface area is 196 Å². The lowest BCUT2D eigenvalue weighted by atomic mass is 9.95. The van der Waals surface area contributed by atoms with Crippen molar-refractivity contribution in [2.75, 3.05) is 20.7 Å². The number of amides is 1. The molecule has 0 N–H and O–H groups in total. The molecule has 0 aromatic heterocycles. The number of hydrogen-bond acceptors (Lipinski definition) is 7. The lowest BCUT2D eigenvalue weighted by Crippen LogP contribution is -2.56. The molecule has 0 radical (unpaired) electrons. The van der Waals surface area contributed by atoms with Gasteiger partial charge in [0.15, 0.2) is 5.75 Å². The van der Waals surface area contributed by atoms with E-state index in [4.69, 9.17) is 21.1 Å². The van der Waals surface area contributed by atoms with Gasteiger partial charge in [-0.1, -0.05) is 23.7 Å². The monoisotopic (exact) mass is 499 g/mol. The molecular weight excluding hydrogens is 483 g/mol. The van der Waals surface area contributed by atoms with Crippen LogP contribution in [0.1, 0.15) is 12.0 Å². The first-order valence-corrected chi connectivity index (χ1v) is 9.79. The van der Waals surface area contributed by atoms with Crippen LogP contribution < -0.4 is 9.47 Å². The number of Topliss-reactive ketones (excluding diaryl/α,β-unsaturated/α-hetero) is 1. The molecule has 0 aliphatic heterocycles. The zero-order valence-corrected chi connectivity index (χ0v) is 18.5. The highest BCUT2D eigenvalue weighted by molar-refractivity contribution is 6.32.